The molecule has 3 fully saturated rings. The third-order valence-electron chi connectivity index (χ3n) is 5.98. The molecule has 1 saturated heterocycles. The van der Waals surface area contributed by atoms with E-state index in [9.17, 15) is 13.2 Å². The van der Waals surface area contributed by atoms with Crippen LogP contribution < -0.4 is 5.32 Å². The zero-order chi connectivity index (χ0) is 16.7. The molecule has 3 aliphatic rings. The van der Waals surface area contributed by atoms with E-state index in [2.05, 4.69) is 5.32 Å². The van der Waals surface area contributed by atoms with Gasteiger partial charge in [-0.05, 0) is 55.4 Å². The van der Waals surface area contributed by atoms with E-state index in [1.807, 2.05) is 0 Å². The van der Waals surface area contributed by atoms with Gasteiger partial charge in [-0.1, -0.05) is 12.5 Å². The van der Waals surface area contributed by atoms with Gasteiger partial charge in [-0.15, -0.1) is 11.3 Å². The fraction of sp³-hybridized carbons (Fsp3) is 0.706. The fourth-order valence-electron chi connectivity index (χ4n) is 4.62. The van der Waals surface area contributed by atoms with Crippen LogP contribution in [0.1, 0.15) is 38.5 Å². The number of amides is 1. The molecule has 0 radical (unpaired) electrons. The molecule has 1 aliphatic heterocycles. The first-order valence-electron chi connectivity index (χ1n) is 8.88. The third-order valence-corrected chi connectivity index (χ3v) is 9.25. The summed E-state index contributed by atoms with van der Waals surface area (Å²) in [5.41, 5.74) is 0. The van der Waals surface area contributed by atoms with Crippen molar-refractivity contribution in [1.29, 1.82) is 0 Å². The van der Waals surface area contributed by atoms with Crippen LogP contribution in [0.2, 0.25) is 0 Å². The summed E-state index contributed by atoms with van der Waals surface area (Å²) in [6, 6.07) is 3.77. The third kappa shape index (κ3) is 3.02. The number of rotatable bonds is 4. The van der Waals surface area contributed by atoms with Gasteiger partial charge < -0.3 is 5.32 Å². The number of carbonyl (C=O) groups excluding carboxylic acids is 1. The smallest absolute Gasteiger partial charge is 0.252 e. The fourth-order valence-corrected chi connectivity index (χ4v) is 7.23. The lowest BCUT2D eigenvalue weighted by atomic mass is 9.93. The van der Waals surface area contributed by atoms with Gasteiger partial charge in [0.05, 0.1) is 0 Å². The summed E-state index contributed by atoms with van der Waals surface area (Å²) in [4.78, 5) is 12.5. The molecule has 3 atom stereocenters. The quantitative estimate of drug-likeness (QED) is 0.888. The number of thiophene rings is 1. The number of hydrogen-bond acceptors (Lipinski definition) is 4. The summed E-state index contributed by atoms with van der Waals surface area (Å²) in [7, 11) is -3.38. The standard InChI is InChI=1S/C17H24N2O3S2/c20-17(18-15-11-12-3-4-14(15)10-12)13-5-7-19(8-6-13)24(21,22)16-2-1-9-23-16/h1-2,9,12-15H,3-8,10-11H2,(H,18,20). The molecule has 2 heterocycles. The lowest BCUT2D eigenvalue weighted by Crippen LogP contribution is -2.46. The van der Waals surface area contributed by atoms with Crippen molar-refractivity contribution in [2.75, 3.05) is 13.1 Å². The minimum Gasteiger partial charge on any atom is -0.353 e. The molecule has 7 heteroatoms. The average molecular weight is 369 g/mol. The molecule has 1 N–H and O–H groups in total. The Morgan fingerprint density at radius 1 is 1.17 bits per heavy atom. The topological polar surface area (TPSA) is 66.5 Å². The Kier molecular flexibility index (Phi) is 4.43. The molecule has 2 saturated carbocycles. The van der Waals surface area contributed by atoms with Crippen molar-refractivity contribution in [3.05, 3.63) is 17.5 Å². The van der Waals surface area contributed by atoms with Gasteiger partial charge in [0.2, 0.25) is 5.91 Å². The predicted octanol–water partition coefficient (Wildman–Crippen LogP) is 2.45. The van der Waals surface area contributed by atoms with Crippen LogP contribution >= 0.6 is 11.3 Å². The summed E-state index contributed by atoms with van der Waals surface area (Å²) < 4.78 is 27.0. The molecule has 24 heavy (non-hydrogen) atoms. The number of nitrogens with zero attached hydrogens (tertiary/aromatic N) is 1. The molecule has 0 aromatic carbocycles. The molecule has 1 aromatic rings. The van der Waals surface area contributed by atoms with E-state index in [4.69, 9.17) is 0 Å². The van der Waals surface area contributed by atoms with Crippen LogP contribution in [0.5, 0.6) is 0 Å². The van der Waals surface area contributed by atoms with E-state index in [-0.39, 0.29) is 11.8 Å². The maximum absolute atomic E-state index is 12.5. The molecule has 1 aromatic heterocycles. The molecule has 2 bridgehead atoms. The van der Waals surface area contributed by atoms with E-state index in [0.717, 1.165) is 12.3 Å². The van der Waals surface area contributed by atoms with Gasteiger partial charge >= 0.3 is 0 Å². The highest BCUT2D eigenvalue weighted by Crippen LogP contribution is 2.44. The monoisotopic (exact) mass is 368 g/mol. The van der Waals surface area contributed by atoms with E-state index < -0.39 is 10.0 Å². The molecular weight excluding hydrogens is 344 g/mol. The molecule has 1 amide bonds. The zero-order valence-electron chi connectivity index (χ0n) is 13.7. The van der Waals surface area contributed by atoms with Crippen molar-refractivity contribution in [1.82, 2.24) is 9.62 Å². The van der Waals surface area contributed by atoms with Crippen molar-refractivity contribution in [3.8, 4) is 0 Å². The number of sulfonamides is 1. The summed E-state index contributed by atoms with van der Waals surface area (Å²) in [6.07, 6.45) is 6.25. The van der Waals surface area contributed by atoms with Crippen molar-refractivity contribution >= 4 is 27.3 Å². The van der Waals surface area contributed by atoms with E-state index in [1.54, 1.807) is 17.5 Å². The van der Waals surface area contributed by atoms with Crippen LogP contribution in [0.25, 0.3) is 0 Å². The number of fused-ring (bicyclic) bond motifs is 2. The molecule has 132 valence electrons. The second kappa shape index (κ2) is 6.42. The maximum atomic E-state index is 12.5. The summed E-state index contributed by atoms with van der Waals surface area (Å²) in [6.45, 7) is 0.879. The number of carbonyl (C=O) groups is 1. The van der Waals surface area contributed by atoms with Gasteiger partial charge in [0.15, 0.2) is 0 Å². The Morgan fingerprint density at radius 3 is 2.54 bits per heavy atom. The second-order valence-corrected chi connectivity index (χ2v) is 10.5. The van der Waals surface area contributed by atoms with Gasteiger partial charge in [0, 0.05) is 25.0 Å². The molecule has 5 nitrogen and oxygen atoms in total. The predicted molar refractivity (Wildman–Crippen MR) is 93.2 cm³/mol. The Bertz CT molecular complexity index is 693. The molecular formula is C17H24N2O3S2. The Balaban J connectivity index is 1.32. The first-order chi connectivity index (χ1) is 11.5. The zero-order valence-corrected chi connectivity index (χ0v) is 15.3. The summed E-state index contributed by atoms with van der Waals surface area (Å²) in [5, 5.41) is 5.04. The highest BCUT2D eigenvalue weighted by Gasteiger charge is 2.41. The first-order valence-corrected chi connectivity index (χ1v) is 11.2. The minimum atomic E-state index is -3.38. The van der Waals surface area contributed by atoms with Crippen LogP contribution in [0.3, 0.4) is 0 Å². The minimum absolute atomic E-state index is 0.0427. The SMILES string of the molecule is O=C(NC1CC2CCC1C2)C1CCN(S(=O)(=O)c2cccs2)CC1. The Hall–Kier alpha value is -0.920. The average Bonchev–Trinajstić information content (AvgIpc) is 3.32. The molecule has 3 unspecified atom stereocenters. The number of piperidine rings is 1. The Labute approximate surface area is 147 Å². The van der Waals surface area contributed by atoms with Crippen molar-refractivity contribution in [2.45, 2.75) is 48.8 Å². The molecule has 0 spiro atoms. The van der Waals surface area contributed by atoms with E-state index in [0.29, 0.717) is 42.1 Å². The van der Waals surface area contributed by atoms with Crippen LogP contribution in [0.4, 0.5) is 0 Å². The second-order valence-electron chi connectivity index (χ2n) is 7.40. The van der Waals surface area contributed by atoms with Crippen molar-refractivity contribution in [3.63, 3.8) is 0 Å². The molecule has 4 rings (SSSR count). The Morgan fingerprint density at radius 2 is 1.96 bits per heavy atom. The highest BCUT2D eigenvalue weighted by atomic mass is 32.2. The van der Waals surface area contributed by atoms with E-state index >= 15 is 0 Å². The first kappa shape index (κ1) is 16.5. The van der Waals surface area contributed by atoms with Crippen molar-refractivity contribution < 1.29 is 13.2 Å². The van der Waals surface area contributed by atoms with Gasteiger partial charge in [0.1, 0.15) is 4.21 Å². The number of hydrogen-bond donors (Lipinski definition) is 1. The van der Waals surface area contributed by atoms with Gasteiger partial charge in [0.25, 0.3) is 10.0 Å². The lowest BCUT2D eigenvalue weighted by molar-refractivity contribution is -0.127. The van der Waals surface area contributed by atoms with Crippen molar-refractivity contribution in [2.24, 2.45) is 17.8 Å². The van der Waals surface area contributed by atoms with E-state index in [1.165, 1.54) is 34.9 Å². The maximum Gasteiger partial charge on any atom is 0.252 e. The largest absolute Gasteiger partial charge is 0.353 e. The highest BCUT2D eigenvalue weighted by molar-refractivity contribution is 7.91. The van der Waals surface area contributed by atoms with Gasteiger partial charge in [-0.25, -0.2) is 8.42 Å². The summed E-state index contributed by atoms with van der Waals surface area (Å²) in [5.74, 6) is 1.59. The lowest BCUT2D eigenvalue weighted by Gasteiger charge is -2.32. The van der Waals surface area contributed by atoms with Crippen LogP contribution in [-0.2, 0) is 14.8 Å². The van der Waals surface area contributed by atoms with Gasteiger partial charge in [-0.2, -0.15) is 4.31 Å². The number of nitrogens with one attached hydrogen (secondary N) is 1. The van der Waals surface area contributed by atoms with Gasteiger partial charge in [-0.3, -0.25) is 4.79 Å². The van der Waals surface area contributed by atoms with Crippen LogP contribution in [-0.4, -0.2) is 37.8 Å². The normalized spacial score (nSPS) is 31.4. The summed E-state index contributed by atoms with van der Waals surface area (Å²) >= 11 is 1.25. The van der Waals surface area contributed by atoms with Crippen LogP contribution in [0.15, 0.2) is 21.7 Å². The van der Waals surface area contributed by atoms with Crippen LogP contribution in [0, 0.1) is 17.8 Å². The molecule has 2 aliphatic carbocycles.